The zero-order chi connectivity index (χ0) is 38.7. The van der Waals surface area contributed by atoms with Gasteiger partial charge < -0.3 is 24.8 Å². The Bertz CT molecular complexity index is 2050. The number of aliphatic carboxylic acids is 1. The second-order valence-corrected chi connectivity index (χ2v) is 12.6. The van der Waals surface area contributed by atoms with E-state index < -0.39 is 71.4 Å². The average molecular weight is 756 g/mol. The molecule has 3 heterocycles. The molecular formula is C35H36F7N5O6. The number of hydrogen-bond donors (Lipinski definition) is 3. The zero-order valence-electron chi connectivity index (χ0n) is 28.3. The number of piperazine rings is 1. The van der Waals surface area contributed by atoms with Gasteiger partial charge in [0.1, 0.15) is 23.0 Å². The van der Waals surface area contributed by atoms with Crippen LogP contribution >= 0.6 is 0 Å². The molecule has 3 N–H and O–H groups in total. The van der Waals surface area contributed by atoms with Gasteiger partial charge >= 0.3 is 24.0 Å². The molecule has 5 rings (SSSR count). The highest BCUT2D eigenvalue weighted by atomic mass is 19.4. The van der Waals surface area contributed by atoms with Crippen molar-refractivity contribution in [3.8, 4) is 5.75 Å². The zero-order valence-corrected chi connectivity index (χ0v) is 28.3. The summed E-state index contributed by atoms with van der Waals surface area (Å²) in [6.07, 6.45) is -9.70. The van der Waals surface area contributed by atoms with Crippen LogP contribution in [0.4, 0.5) is 36.4 Å². The van der Waals surface area contributed by atoms with Gasteiger partial charge in [-0.15, -0.1) is 0 Å². The van der Waals surface area contributed by atoms with Gasteiger partial charge in [-0.05, 0) is 50.2 Å². The molecule has 0 saturated carbocycles. The molecule has 0 radical (unpaired) electrons. The molecule has 2 aromatic carbocycles. The van der Waals surface area contributed by atoms with E-state index in [1.165, 1.54) is 31.2 Å². The molecule has 1 fully saturated rings. The number of carboxylic acid groups (broad SMARTS) is 1. The Kier molecular flexibility index (Phi) is 11.7. The highest BCUT2D eigenvalue weighted by molar-refractivity contribution is 5.66. The molecule has 0 unspecified atom stereocenters. The number of benzene rings is 2. The first-order valence-electron chi connectivity index (χ1n) is 16.5. The van der Waals surface area contributed by atoms with E-state index in [0.29, 0.717) is 6.07 Å². The Morgan fingerprint density at radius 1 is 0.906 bits per heavy atom. The number of furan rings is 1. The minimum atomic E-state index is -4.98. The fourth-order valence-electron chi connectivity index (χ4n) is 6.36. The van der Waals surface area contributed by atoms with Gasteiger partial charge in [-0.2, -0.15) is 26.3 Å². The minimum absolute atomic E-state index is 0.0237. The van der Waals surface area contributed by atoms with E-state index in [1.807, 2.05) is 0 Å². The molecule has 11 nitrogen and oxygen atoms in total. The predicted molar refractivity (Wildman–Crippen MR) is 177 cm³/mol. The number of para-hydroxylation sites is 1. The first kappa shape index (κ1) is 39.1. The summed E-state index contributed by atoms with van der Waals surface area (Å²) >= 11 is 0. The summed E-state index contributed by atoms with van der Waals surface area (Å²) in [6, 6.07) is 9.48. The van der Waals surface area contributed by atoms with E-state index in [1.54, 1.807) is 15.9 Å². The second kappa shape index (κ2) is 15.9. The summed E-state index contributed by atoms with van der Waals surface area (Å²) in [5.74, 6) is -3.58. The number of aromatic hydroxyl groups is 1. The van der Waals surface area contributed by atoms with Crippen LogP contribution in [0, 0.1) is 12.7 Å². The van der Waals surface area contributed by atoms with Crippen molar-refractivity contribution in [2.24, 2.45) is 0 Å². The van der Waals surface area contributed by atoms with Gasteiger partial charge in [-0.25, -0.2) is 9.18 Å². The maximum atomic E-state index is 15.1. The Hall–Kier alpha value is -5.10. The lowest BCUT2D eigenvalue weighted by Crippen LogP contribution is -2.51. The molecule has 53 heavy (non-hydrogen) atoms. The normalized spacial score (nSPS) is 14.8. The third kappa shape index (κ3) is 9.11. The van der Waals surface area contributed by atoms with Crippen LogP contribution in [-0.4, -0.2) is 62.9 Å². The number of aromatic nitrogens is 2. The number of phenolic OH excluding ortho intramolecular Hbond substituents is 1. The van der Waals surface area contributed by atoms with Crippen molar-refractivity contribution in [3.05, 3.63) is 115 Å². The minimum Gasteiger partial charge on any atom is -0.508 e. The SMILES string of the molecule is Cc1c(N2CCN(Cc3ccc(C(F)(F)F)o3)CC2)c(=O)n(C[C@H](NCCCC(=O)O)c2ccccc2O)c(=O)n1Cc1c(F)cccc1C(F)(F)F. The van der Waals surface area contributed by atoms with Crippen molar-refractivity contribution in [1.29, 1.82) is 0 Å². The Morgan fingerprint density at radius 3 is 2.23 bits per heavy atom. The van der Waals surface area contributed by atoms with Gasteiger partial charge in [0.25, 0.3) is 5.56 Å². The van der Waals surface area contributed by atoms with E-state index >= 15 is 4.39 Å². The number of carbonyl (C=O) groups is 1. The van der Waals surface area contributed by atoms with Gasteiger partial charge in [-0.3, -0.25) is 23.6 Å². The molecule has 1 aliphatic rings. The fraction of sp³-hybridized carbons (Fsp3) is 0.400. The lowest BCUT2D eigenvalue weighted by atomic mass is 10.0. The smallest absolute Gasteiger partial charge is 0.449 e. The molecular weight excluding hydrogens is 719 g/mol. The third-order valence-corrected chi connectivity index (χ3v) is 9.04. The van der Waals surface area contributed by atoms with E-state index in [4.69, 9.17) is 9.52 Å². The summed E-state index contributed by atoms with van der Waals surface area (Å²) in [7, 11) is 0. The van der Waals surface area contributed by atoms with Crippen LogP contribution in [0.2, 0.25) is 0 Å². The number of anilines is 1. The van der Waals surface area contributed by atoms with Crippen molar-refractivity contribution in [2.75, 3.05) is 37.6 Å². The largest absolute Gasteiger partial charge is 0.508 e. The van der Waals surface area contributed by atoms with E-state index in [-0.39, 0.29) is 80.6 Å². The number of carboxylic acids is 1. The highest BCUT2D eigenvalue weighted by Crippen LogP contribution is 2.34. The number of phenols is 1. The number of hydrogen-bond acceptors (Lipinski definition) is 8. The van der Waals surface area contributed by atoms with E-state index in [9.17, 15) is 45.8 Å². The fourth-order valence-corrected chi connectivity index (χ4v) is 6.36. The standard InChI is InChI=1S/C35H36F7N5O6/c1-21-31(45-16-14-44(15-17-45)18-22-11-12-29(53-22)35(40,41)42)32(51)47(20-27(43-13-5-10-30(49)50)23-6-2-3-9-28(23)48)33(52)46(21)19-24-25(34(37,38)39)7-4-8-26(24)36/h2-4,6-9,11-12,27,43,48H,5,10,13-20H2,1H3,(H,49,50)/t27-/m0/s1. The van der Waals surface area contributed by atoms with E-state index in [0.717, 1.165) is 27.3 Å². The molecule has 4 aromatic rings. The maximum absolute atomic E-state index is 15.1. The molecule has 0 bridgehead atoms. The van der Waals surface area contributed by atoms with Gasteiger partial charge in [0.2, 0.25) is 5.76 Å². The molecule has 1 atom stereocenters. The van der Waals surface area contributed by atoms with Crippen molar-refractivity contribution in [1.82, 2.24) is 19.4 Å². The summed E-state index contributed by atoms with van der Waals surface area (Å²) in [6.45, 7) is 0.778. The first-order valence-corrected chi connectivity index (χ1v) is 16.5. The second-order valence-electron chi connectivity index (χ2n) is 12.6. The highest BCUT2D eigenvalue weighted by Gasteiger charge is 2.36. The van der Waals surface area contributed by atoms with Gasteiger partial charge in [0, 0.05) is 49.4 Å². The number of nitrogens with one attached hydrogen (secondary N) is 1. The van der Waals surface area contributed by atoms with E-state index in [2.05, 4.69) is 5.32 Å². The Labute approximate surface area is 297 Å². The van der Waals surface area contributed by atoms with Gasteiger partial charge in [0.05, 0.1) is 31.2 Å². The van der Waals surface area contributed by atoms with Crippen LogP contribution in [0.15, 0.2) is 68.6 Å². The number of halogens is 7. The lowest BCUT2D eigenvalue weighted by Gasteiger charge is -2.36. The summed E-state index contributed by atoms with van der Waals surface area (Å²) < 4.78 is 103. The van der Waals surface area contributed by atoms with Crippen LogP contribution in [0.3, 0.4) is 0 Å². The van der Waals surface area contributed by atoms with Crippen LogP contribution in [0.25, 0.3) is 0 Å². The van der Waals surface area contributed by atoms with Gasteiger partial charge in [-0.1, -0.05) is 24.3 Å². The van der Waals surface area contributed by atoms with Crippen LogP contribution in [0.5, 0.6) is 5.75 Å². The van der Waals surface area contributed by atoms with Crippen molar-refractivity contribution in [2.45, 2.75) is 57.8 Å². The summed E-state index contributed by atoms with van der Waals surface area (Å²) in [5.41, 5.74) is -3.88. The first-order chi connectivity index (χ1) is 25.0. The number of nitrogens with zero attached hydrogens (tertiary/aromatic N) is 4. The summed E-state index contributed by atoms with van der Waals surface area (Å²) in [5, 5.41) is 22.8. The monoisotopic (exact) mass is 755 g/mol. The Morgan fingerprint density at radius 2 is 1.60 bits per heavy atom. The van der Waals surface area contributed by atoms with Crippen LogP contribution in [-0.2, 0) is 36.8 Å². The molecule has 0 spiro atoms. The predicted octanol–water partition coefficient (Wildman–Crippen LogP) is 5.36. The van der Waals surface area contributed by atoms with Crippen LogP contribution < -0.4 is 21.5 Å². The Balaban J connectivity index is 1.55. The quantitative estimate of drug-likeness (QED) is 0.122. The van der Waals surface area contributed by atoms with Crippen LogP contribution in [0.1, 0.15) is 52.8 Å². The van der Waals surface area contributed by atoms with Crippen molar-refractivity contribution in [3.63, 3.8) is 0 Å². The molecule has 0 aliphatic carbocycles. The average Bonchev–Trinajstić information content (AvgIpc) is 3.56. The molecule has 18 heteroatoms. The molecule has 1 aliphatic heterocycles. The number of rotatable bonds is 13. The molecule has 1 saturated heterocycles. The van der Waals surface area contributed by atoms with Crippen molar-refractivity contribution >= 4 is 11.7 Å². The lowest BCUT2D eigenvalue weighted by molar-refractivity contribution is -0.153. The topological polar surface area (TPSA) is 133 Å². The third-order valence-electron chi connectivity index (χ3n) is 9.04. The van der Waals surface area contributed by atoms with Gasteiger partial charge in [0.15, 0.2) is 0 Å². The summed E-state index contributed by atoms with van der Waals surface area (Å²) in [4.78, 5) is 42.9. The molecule has 0 amide bonds. The molecule has 286 valence electrons. The molecule has 2 aromatic heterocycles. The number of alkyl halides is 6. The van der Waals surface area contributed by atoms with Crippen molar-refractivity contribution < 1.29 is 50.2 Å². The maximum Gasteiger partial charge on any atom is 0.449 e.